The number of hydrogen-bond donors (Lipinski definition) is 3. The predicted molar refractivity (Wildman–Crippen MR) is 111 cm³/mol. The number of allylic oxidation sites excluding steroid dienone is 2. The minimum atomic E-state index is -1.18. The van der Waals surface area contributed by atoms with Gasteiger partial charge < -0.3 is 20.6 Å². The van der Waals surface area contributed by atoms with Gasteiger partial charge in [-0.2, -0.15) is 11.8 Å². The van der Waals surface area contributed by atoms with Gasteiger partial charge in [0.15, 0.2) is 0 Å². The molecule has 1 saturated heterocycles. The topological polar surface area (TPSA) is 120 Å². The molecule has 0 radical (unpaired) electrons. The lowest BCUT2D eigenvalue weighted by molar-refractivity contribution is -0.144. The lowest BCUT2D eigenvalue weighted by Crippen LogP contribution is -2.31. The number of carbonyl (C=O) groups is 3. The highest BCUT2D eigenvalue weighted by Crippen LogP contribution is 2.25. The van der Waals surface area contributed by atoms with Crippen LogP contribution in [0.3, 0.4) is 0 Å². The van der Waals surface area contributed by atoms with Crippen LogP contribution in [0.4, 0.5) is 10.5 Å². The van der Waals surface area contributed by atoms with E-state index >= 15 is 0 Å². The number of aliphatic carboxylic acids is 1. The van der Waals surface area contributed by atoms with Crippen LogP contribution >= 0.6 is 11.8 Å². The van der Waals surface area contributed by atoms with Crippen LogP contribution in [0.15, 0.2) is 48.1 Å². The van der Waals surface area contributed by atoms with Crippen molar-refractivity contribution in [3.05, 3.63) is 53.6 Å². The van der Waals surface area contributed by atoms with Crippen LogP contribution in [0, 0.1) is 5.41 Å². The van der Waals surface area contributed by atoms with E-state index in [0.717, 1.165) is 5.56 Å². The Morgan fingerprint density at radius 1 is 1.34 bits per heavy atom. The number of carbonyl (C=O) groups excluding carboxylic acids is 2. The van der Waals surface area contributed by atoms with Crippen molar-refractivity contribution in [2.45, 2.75) is 18.6 Å². The van der Waals surface area contributed by atoms with Crippen molar-refractivity contribution in [3.8, 4) is 0 Å². The standard InChI is InChI=1S/C20H21N3O5S/c1-29-11-16(22-18(24)13-2-6-14(21)7-3-13)12-4-8-15(9-5-12)23-10-17(19(25)26)28-20(23)27/h2-6,8-9,16-17,21H,7,10-11H2,1H3,(H,22,24)(H,25,26). The second-order valence-electron chi connectivity index (χ2n) is 6.62. The summed E-state index contributed by atoms with van der Waals surface area (Å²) in [4.78, 5) is 36.8. The van der Waals surface area contributed by atoms with Gasteiger partial charge in [0.2, 0.25) is 6.10 Å². The first-order valence-electron chi connectivity index (χ1n) is 8.95. The molecule has 0 aromatic heterocycles. The number of ether oxygens (including phenoxy) is 1. The molecule has 1 fully saturated rings. The molecule has 1 heterocycles. The van der Waals surface area contributed by atoms with Gasteiger partial charge in [-0.05, 0) is 36.1 Å². The first-order valence-corrected chi connectivity index (χ1v) is 10.3. The Morgan fingerprint density at radius 2 is 2.07 bits per heavy atom. The fourth-order valence-corrected chi connectivity index (χ4v) is 3.64. The van der Waals surface area contributed by atoms with Crippen LogP contribution in [0.1, 0.15) is 18.0 Å². The fraction of sp³-hybridized carbons (Fsp3) is 0.300. The van der Waals surface area contributed by atoms with Crippen molar-refractivity contribution in [1.82, 2.24) is 5.32 Å². The van der Waals surface area contributed by atoms with Crippen LogP contribution in [0.5, 0.6) is 0 Å². The summed E-state index contributed by atoms with van der Waals surface area (Å²) >= 11 is 1.59. The third-order valence-corrected chi connectivity index (χ3v) is 5.27. The molecule has 3 rings (SSSR count). The lowest BCUT2D eigenvalue weighted by atomic mass is 10.0. The van der Waals surface area contributed by atoms with Gasteiger partial charge in [-0.15, -0.1) is 0 Å². The molecule has 0 spiro atoms. The van der Waals surface area contributed by atoms with E-state index < -0.39 is 18.2 Å². The molecule has 1 aromatic rings. The maximum Gasteiger partial charge on any atom is 0.415 e. The molecule has 2 unspecified atom stereocenters. The zero-order chi connectivity index (χ0) is 21.0. The van der Waals surface area contributed by atoms with E-state index in [0.29, 0.717) is 29.1 Å². The van der Waals surface area contributed by atoms with E-state index in [9.17, 15) is 14.4 Å². The van der Waals surface area contributed by atoms with E-state index in [-0.39, 0.29) is 18.5 Å². The highest BCUT2D eigenvalue weighted by Gasteiger charge is 2.36. The molecule has 3 N–H and O–H groups in total. The summed E-state index contributed by atoms with van der Waals surface area (Å²) in [5.74, 6) is -0.726. The Kier molecular flexibility index (Phi) is 6.38. The van der Waals surface area contributed by atoms with Gasteiger partial charge in [0.05, 0.1) is 12.6 Å². The number of carboxylic acid groups (broad SMARTS) is 1. The average molecular weight is 415 g/mol. The van der Waals surface area contributed by atoms with Gasteiger partial charge in [0.25, 0.3) is 5.91 Å². The molecule has 2 amide bonds. The van der Waals surface area contributed by atoms with Crippen LogP contribution in [-0.4, -0.2) is 53.4 Å². The molecule has 2 aliphatic rings. The van der Waals surface area contributed by atoms with Gasteiger partial charge in [-0.3, -0.25) is 9.69 Å². The summed E-state index contributed by atoms with van der Waals surface area (Å²) in [7, 11) is 0. The van der Waals surface area contributed by atoms with Crippen molar-refractivity contribution in [2.24, 2.45) is 0 Å². The van der Waals surface area contributed by atoms with Gasteiger partial charge in [0.1, 0.15) is 0 Å². The molecule has 0 saturated carbocycles. The fourth-order valence-electron chi connectivity index (χ4n) is 3.03. The number of rotatable bonds is 7. The Morgan fingerprint density at radius 3 is 2.62 bits per heavy atom. The number of nitrogens with one attached hydrogen (secondary N) is 2. The number of thioether (sulfide) groups is 1. The monoisotopic (exact) mass is 415 g/mol. The molecule has 1 aromatic carbocycles. The average Bonchev–Trinajstić information content (AvgIpc) is 3.10. The number of hydrogen-bond acceptors (Lipinski definition) is 6. The smallest absolute Gasteiger partial charge is 0.415 e. The zero-order valence-electron chi connectivity index (χ0n) is 15.8. The number of nitrogens with zero attached hydrogens (tertiary/aromatic N) is 1. The van der Waals surface area contributed by atoms with E-state index in [1.165, 1.54) is 4.90 Å². The summed E-state index contributed by atoms with van der Waals surface area (Å²) in [6.07, 6.45) is 5.50. The Balaban J connectivity index is 1.71. The highest BCUT2D eigenvalue weighted by molar-refractivity contribution is 7.98. The molecule has 152 valence electrons. The molecule has 29 heavy (non-hydrogen) atoms. The third-order valence-electron chi connectivity index (χ3n) is 4.60. The first kappa shape index (κ1) is 20.7. The summed E-state index contributed by atoms with van der Waals surface area (Å²) in [6, 6.07) is 6.79. The van der Waals surface area contributed by atoms with Gasteiger partial charge >= 0.3 is 12.1 Å². The number of amides is 2. The Labute approximate surface area is 172 Å². The maximum absolute atomic E-state index is 12.5. The van der Waals surface area contributed by atoms with Crippen molar-refractivity contribution in [3.63, 3.8) is 0 Å². The largest absolute Gasteiger partial charge is 0.478 e. The summed E-state index contributed by atoms with van der Waals surface area (Å²) in [5, 5.41) is 19.6. The molecule has 9 heteroatoms. The van der Waals surface area contributed by atoms with Gasteiger partial charge in [0, 0.05) is 29.1 Å². The van der Waals surface area contributed by atoms with Crippen molar-refractivity contribution in [1.29, 1.82) is 5.41 Å². The van der Waals surface area contributed by atoms with Gasteiger partial charge in [-0.1, -0.05) is 18.2 Å². The zero-order valence-corrected chi connectivity index (χ0v) is 16.6. The van der Waals surface area contributed by atoms with E-state index in [1.54, 1.807) is 54.3 Å². The third kappa shape index (κ3) is 4.86. The molecule has 8 nitrogen and oxygen atoms in total. The summed E-state index contributed by atoms with van der Waals surface area (Å²) in [6.45, 7) is -0.0476. The molecule has 0 bridgehead atoms. The summed E-state index contributed by atoms with van der Waals surface area (Å²) < 4.78 is 4.83. The number of anilines is 1. The van der Waals surface area contributed by atoms with Crippen molar-refractivity contribution >= 4 is 41.1 Å². The predicted octanol–water partition coefficient (Wildman–Crippen LogP) is 2.52. The normalized spacial score (nSPS) is 19.6. The Bertz CT molecular complexity index is 894. The summed E-state index contributed by atoms with van der Waals surface area (Å²) in [5.41, 5.74) is 2.40. The van der Waals surface area contributed by atoms with Crippen LogP contribution < -0.4 is 10.2 Å². The minimum Gasteiger partial charge on any atom is -0.478 e. The van der Waals surface area contributed by atoms with Crippen molar-refractivity contribution in [2.75, 3.05) is 23.5 Å². The molecule has 1 aliphatic carbocycles. The van der Waals surface area contributed by atoms with Crippen LogP contribution in [0.2, 0.25) is 0 Å². The first-order chi connectivity index (χ1) is 13.9. The highest BCUT2D eigenvalue weighted by atomic mass is 32.2. The second kappa shape index (κ2) is 8.95. The minimum absolute atomic E-state index is 0.0476. The van der Waals surface area contributed by atoms with Crippen LogP contribution in [0.25, 0.3) is 0 Å². The number of carboxylic acids is 1. The lowest BCUT2D eigenvalue weighted by Gasteiger charge is -2.20. The molecule has 2 atom stereocenters. The Hall–Kier alpha value is -3.07. The SMILES string of the molecule is CSCC(NC(=O)C1=CCC(=N)C=C1)c1ccc(N2CC(C(=O)O)OC2=O)cc1. The van der Waals surface area contributed by atoms with E-state index in [2.05, 4.69) is 5.32 Å². The molecule has 1 aliphatic heterocycles. The molecular formula is C20H21N3O5S. The van der Waals surface area contributed by atoms with Gasteiger partial charge in [-0.25, -0.2) is 9.59 Å². The molecular weight excluding hydrogens is 394 g/mol. The van der Waals surface area contributed by atoms with Crippen molar-refractivity contribution < 1.29 is 24.2 Å². The van der Waals surface area contributed by atoms with E-state index in [4.69, 9.17) is 15.3 Å². The quantitative estimate of drug-likeness (QED) is 0.629. The number of benzene rings is 1. The van der Waals surface area contributed by atoms with E-state index in [1.807, 2.05) is 6.26 Å². The number of cyclic esters (lactones) is 1. The second-order valence-corrected chi connectivity index (χ2v) is 7.53. The van der Waals surface area contributed by atoms with Crippen LogP contribution in [-0.2, 0) is 14.3 Å². The maximum atomic E-state index is 12.5.